The molecule has 2 aromatic heterocycles. The number of hydrogen-bond acceptors (Lipinski definition) is 0. The van der Waals surface area contributed by atoms with Crippen LogP contribution in [0.15, 0.2) is 109 Å². The summed E-state index contributed by atoms with van der Waals surface area (Å²) in [6.45, 7) is 22.9. The molecule has 246 valence electrons. The number of nitrogens with zero attached hydrogens (tertiary/aromatic N) is 2. The SMILES string of the molecule is CCC1(CC)C(CC[n+]2ccccc2-c2ccccc2C)c2cc3c(cc2-c2cc(-c4ccccc4)cc[n+]21)C(C)(C)C(C)(C)C3(C)C. The average Bonchev–Trinajstić information content (AvgIpc) is 3.20. The molecule has 1 aliphatic carbocycles. The highest BCUT2D eigenvalue weighted by atomic mass is 15.1. The highest BCUT2D eigenvalue weighted by molar-refractivity contribution is 5.74. The second-order valence-corrected chi connectivity index (χ2v) is 16.1. The van der Waals surface area contributed by atoms with Crippen molar-refractivity contribution in [1.82, 2.24) is 0 Å². The van der Waals surface area contributed by atoms with Gasteiger partial charge in [0.25, 0.3) is 0 Å². The van der Waals surface area contributed by atoms with Crippen LogP contribution >= 0.6 is 0 Å². The van der Waals surface area contributed by atoms with Gasteiger partial charge in [-0.05, 0) is 74.7 Å². The molecule has 1 aliphatic heterocycles. The highest BCUT2D eigenvalue weighted by Gasteiger charge is 2.59. The molecule has 2 nitrogen and oxygen atoms in total. The van der Waals surface area contributed by atoms with Crippen LogP contribution in [-0.2, 0) is 22.9 Å². The molecule has 0 N–H and O–H groups in total. The van der Waals surface area contributed by atoms with Crippen LogP contribution in [0.4, 0.5) is 0 Å². The topological polar surface area (TPSA) is 7.76 Å². The fraction of sp³-hybridized carbons (Fsp3) is 0.391. The van der Waals surface area contributed by atoms with E-state index in [1.165, 1.54) is 44.8 Å². The third kappa shape index (κ3) is 4.58. The van der Waals surface area contributed by atoms with Gasteiger partial charge >= 0.3 is 0 Å². The Hall–Kier alpha value is -4.04. The Balaban J connectivity index is 1.44. The van der Waals surface area contributed by atoms with E-state index in [4.69, 9.17) is 0 Å². The first-order valence-corrected chi connectivity index (χ1v) is 18.2. The zero-order valence-corrected chi connectivity index (χ0v) is 30.7. The van der Waals surface area contributed by atoms with Gasteiger partial charge in [-0.25, -0.2) is 0 Å². The Bertz CT molecular complexity index is 1990. The molecule has 0 fully saturated rings. The number of hydrogen-bond donors (Lipinski definition) is 0. The third-order valence-electron chi connectivity index (χ3n) is 13.7. The van der Waals surface area contributed by atoms with Crippen LogP contribution < -0.4 is 9.13 Å². The van der Waals surface area contributed by atoms with Crippen LogP contribution in [0.1, 0.15) is 103 Å². The number of pyridine rings is 2. The summed E-state index contributed by atoms with van der Waals surface area (Å²) in [5, 5.41) is 0. The number of aromatic nitrogens is 2. The summed E-state index contributed by atoms with van der Waals surface area (Å²) in [6.07, 6.45) is 7.94. The molecular weight excluding hydrogens is 581 g/mol. The van der Waals surface area contributed by atoms with Crippen molar-refractivity contribution in [3.05, 3.63) is 132 Å². The van der Waals surface area contributed by atoms with E-state index < -0.39 is 0 Å². The first-order chi connectivity index (χ1) is 22.9. The van der Waals surface area contributed by atoms with Crippen LogP contribution in [-0.4, -0.2) is 0 Å². The largest absolute Gasteiger partial charge is 0.213 e. The molecule has 3 heterocycles. The smallest absolute Gasteiger partial charge is 0.198 e. The minimum absolute atomic E-state index is 0.0300. The molecule has 0 radical (unpaired) electrons. The van der Waals surface area contributed by atoms with Crippen molar-refractivity contribution in [2.45, 2.75) is 110 Å². The van der Waals surface area contributed by atoms with E-state index in [-0.39, 0.29) is 21.8 Å². The van der Waals surface area contributed by atoms with Crippen LogP contribution in [0, 0.1) is 12.3 Å². The molecule has 5 aromatic rings. The second-order valence-electron chi connectivity index (χ2n) is 16.1. The zero-order valence-electron chi connectivity index (χ0n) is 30.7. The van der Waals surface area contributed by atoms with E-state index in [9.17, 15) is 0 Å². The van der Waals surface area contributed by atoms with E-state index in [1.54, 1.807) is 11.1 Å². The lowest BCUT2D eigenvalue weighted by Crippen LogP contribution is -2.62. The summed E-state index contributed by atoms with van der Waals surface area (Å²) in [4.78, 5) is 0. The van der Waals surface area contributed by atoms with Crippen molar-refractivity contribution < 1.29 is 9.13 Å². The maximum absolute atomic E-state index is 2.69. The number of benzene rings is 3. The minimum Gasteiger partial charge on any atom is -0.198 e. The Labute approximate surface area is 289 Å². The van der Waals surface area contributed by atoms with Crippen molar-refractivity contribution in [1.29, 1.82) is 0 Å². The molecule has 1 unspecified atom stereocenters. The maximum atomic E-state index is 2.69. The van der Waals surface area contributed by atoms with E-state index in [2.05, 4.69) is 181 Å². The van der Waals surface area contributed by atoms with E-state index in [1.807, 2.05) is 0 Å². The molecule has 7 rings (SSSR count). The minimum atomic E-state index is -0.0300. The van der Waals surface area contributed by atoms with E-state index in [0.29, 0.717) is 5.92 Å². The first-order valence-electron chi connectivity index (χ1n) is 18.2. The summed E-state index contributed by atoms with van der Waals surface area (Å²) in [5.74, 6) is 0.368. The van der Waals surface area contributed by atoms with Gasteiger partial charge < -0.3 is 0 Å². The predicted octanol–water partition coefficient (Wildman–Crippen LogP) is 10.9. The van der Waals surface area contributed by atoms with Gasteiger partial charge in [0.15, 0.2) is 17.9 Å². The lowest BCUT2D eigenvalue weighted by Gasteiger charge is -2.44. The van der Waals surface area contributed by atoms with Gasteiger partial charge in [-0.1, -0.05) is 110 Å². The van der Waals surface area contributed by atoms with Gasteiger partial charge in [0, 0.05) is 49.1 Å². The fourth-order valence-corrected chi connectivity index (χ4v) is 9.53. The molecule has 3 aromatic carbocycles. The molecular formula is C46H54N2+2. The van der Waals surface area contributed by atoms with E-state index >= 15 is 0 Å². The van der Waals surface area contributed by atoms with Gasteiger partial charge in [-0.2, -0.15) is 9.13 Å². The molecule has 2 aliphatic rings. The molecule has 2 heteroatoms. The van der Waals surface area contributed by atoms with Crippen molar-refractivity contribution >= 4 is 0 Å². The predicted molar refractivity (Wildman–Crippen MR) is 200 cm³/mol. The molecule has 48 heavy (non-hydrogen) atoms. The van der Waals surface area contributed by atoms with Crippen molar-refractivity contribution in [2.24, 2.45) is 5.41 Å². The Morgan fingerprint density at radius 3 is 1.94 bits per heavy atom. The average molecular weight is 635 g/mol. The molecule has 0 saturated heterocycles. The van der Waals surface area contributed by atoms with Gasteiger partial charge in [0.1, 0.15) is 6.54 Å². The van der Waals surface area contributed by atoms with Gasteiger partial charge in [-0.15, -0.1) is 0 Å². The monoisotopic (exact) mass is 634 g/mol. The molecule has 0 amide bonds. The van der Waals surface area contributed by atoms with Crippen molar-refractivity contribution in [2.75, 3.05) is 0 Å². The first kappa shape index (κ1) is 32.5. The molecule has 0 saturated carbocycles. The van der Waals surface area contributed by atoms with Gasteiger partial charge in [0.2, 0.25) is 11.4 Å². The summed E-state index contributed by atoms with van der Waals surface area (Å²) < 4.78 is 5.19. The van der Waals surface area contributed by atoms with Crippen LogP contribution in [0.25, 0.3) is 33.6 Å². The van der Waals surface area contributed by atoms with Gasteiger partial charge in [-0.3, -0.25) is 0 Å². The number of fused-ring (bicyclic) bond motifs is 4. The number of rotatable bonds is 7. The normalized spacial score (nSPS) is 19.3. The Kier molecular flexibility index (Phi) is 7.81. The van der Waals surface area contributed by atoms with Crippen molar-refractivity contribution in [3.63, 3.8) is 0 Å². The summed E-state index contributed by atoms with van der Waals surface area (Å²) in [5.41, 5.74) is 14.1. The van der Waals surface area contributed by atoms with Crippen LogP contribution in [0.5, 0.6) is 0 Å². The van der Waals surface area contributed by atoms with Crippen LogP contribution in [0.3, 0.4) is 0 Å². The fourth-order valence-electron chi connectivity index (χ4n) is 9.53. The van der Waals surface area contributed by atoms with Crippen LogP contribution in [0.2, 0.25) is 0 Å². The lowest BCUT2D eigenvalue weighted by molar-refractivity contribution is -0.765. The lowest BCUT2D eigenvalue weighted by atomic mass is 9.59. The molecule has 1 atom stereocenters. The summed E-state index contributed by atoms with van der Waals surface area (Å²) >= 11 is 0. The Morgan fingerprint density at radius 2 is 1.25 bits per heavy atom. The Morgan fingerprint density at radius 1 is 0.604 bits per heavy atom. The van der Waals surface area contributed by atoms with Gasteiger partial charge in [0.05, 0.1) is 11.5 Å². The number of aryl methyl sites for hydroxylation is 2. The summed E-state index contributed by atoms with van der Waals surface area (Å²) in [7, 11) is 0. The highest BCUT2D eigenvalue weighted by Crippen LogP contribution is 2.63. The van der Waals surface area contributed by atoms with E-state index in [0.717, 1.165) is 25.8 Å². The summed E-state index contributed by atoms with van der Waals surface area (Å²) in [6, 6.07) is 36.5. The standard InChI is InChI=1S/C46H54N2/c1-10-46(11-2)38(25-27-47-26-18-17-23-41(47)35-22-16-15-19-32(35)3)36-30-39-40(44(6,7)45(8,9)43(39,4)5)31-37(36)42-29-34(24-28-48(42)46)33-20-13-12-14-21-33/h12-24,26,28-31,38H,10-11,25,27H2,1-9H3/q+2. The second kappa shape index (κ2) is 11.5. The maximum Gasteiger partial charge on any atom is 0.213 e. The molecule has 0 bridgehead atoms. The zero-order chi connectivity index (χ0) is 34.1. The quantitative estimate of drug-likeness (QED) is 0.157. The van der Waals surface area contributed by atoms with Crippen molar-refractivity contribution in [3.8, 4) is 33.6 Å². The third-order valence-corrected chi connectivity index (χ3v) is 13.7. The molecule has 0 spiro atoms.